The van der Waals surface area contributed by atoms with Crippen molar-refractivity contribution in [2.24, 2.45) is 0 Å². The lowest BCUT2D eigenvalue weighted by atomic mass is 10.2. The van der Waals surface area contributed by atoms with Crippen molar-refractivity contribution in [2.45, 2.75) is 6.54 Å². The number of hydrogen-bond acceptors (Lipinski definition) is 1. The second kappa shape index (κ2) is 5.69. The highest BCUT2D eigenvalue weighted by Crippen LogP contribution is 2.16. The molecule has 4 heteroatoms. The molecule has 0 unspecified atom stereocenters. The van der Waals surface area contributed by atoms with Gasteiger partial charge in [0.05, 0.1) is 5.02 Å². The summed E-state index contributed by atoms with van der Waals surface area (Å²) < 4.78 is 12.8. The summed E-state index contributed by atoms with van der Waals surface area (Å²) >= 11 is 9.03. The van der Waals surface area contributed by atoms with Gasteiger partial charge in [-0.1, -0.05) is 33.6 Å². The predicted octanol–water partition coefficient (Wildman–Crippen LogP) is 3.31. The lowest BCUT2D eigenvalue weighted by Gasteiger charge is -2.15. The molecule has 0 N–H and O–H groups in total. The lowest BCUT2D eigenvalue weighted by molar-refractivity contribution is 0.349. The molecule has 0 radical (unpaired) electrons. The molecule has 1 nitrogen and oxygen atoms in total. The maximum atomic E-state index is 12.8. The quantitative estimate of drug-likeness (QED) is 0.765. The van der Waals surface area contributed by atoms with Crippen LogP contribution in [0.25, 0.3) is 0 Å². The van der Waals surface area contributed by atoms with Crippen LogP contribution in [0.1, 0.15) is 5.56 Å². The van der Waals surface area contributed by atoms with Crippen LogP contribution in [0.5, 0.6) is 0 Å². The van der Waals surface area contributed by atoms with Crippen LogP contribution in [0.3, 0.4) is 0 Å². The van der Waals surface area contributed by atoms with E-state index in [-0.39, 0.29) is 10.8 Å². The van der Waals surface area contributed by atoms with Crippen LogP contribution in [0.4, 0.5) is 4.39 Å². The largest absolute Gasteiger partial charge is 0.301 e. The number of rotatable bonds is 4. The molecular formula is C10H12BrClFN. The summed E-state index contributed by atoms with van der Waals surface area (Å²) in [7, 11) is 2.01. The summed E-state index contributed by atoms with van der Waals surface area (Å²) in [5.41, 5.74) is 1.03. The van der Waals surface area contributed by atoms with Crippen molar-refractivity contribution >= 4 is 27.5 Å². The molecule has 0 heterocycles. The van der Waals surface area contributed by atoms with Crippen LogP contribution >= 0.6 is 27.5 Å². The first-order valence-electron chi connectivity index (χ1n) is 4.32. The molecule has 0 amide bonds. The van der Waals surface area contributed by atoms with Crippen LogP contribution in [-0.2, 0) is 6.54 Å². The van der Waals surface area contributed by atoms with Gasteiger partial charge >= 0.3 is 0 Å². The molecule has 0 bridgehead atoms. The Morgan fingerprint density at radius 2 is 2.21 bits per heavy atom. The van der Waals surface area contributed by atoms with Crippen LogP contribution in [-0.4, -0.2) is 23.8 Å². The van der Waals surface area contributed by atoms with Gasteiger partial charge in [-0.25, -0.2) is 4.39 Å². The third-order valence-corrected chi connectivity index (χ3v) is 2.55. The van der Waals surface area contributed by atoms with Gasteiger partial charge in [0.25, 0.3) is 0 Å². The maximum Gasteiger partial charge on any atom is 0.141 e. The zero-order valence-electron chi connectivity index (χ0n) is 7.93. The normalized spacial score (nSPS) is 10.9. The van der Waals surface area contributed by atoms with E-state index in [0.717, 1.165) is 24.0 Å². The lowest BCUT2D eigenvalue weighted by Crippen LogP contribution is -2.19. The molecule has 0 fully saturated rings. The standard InChI is InChI=1S/C10H12BrClFN/c1-14(5-4-11)7-8-2-3-10(13)9(12)6-8/h2-3,6H,4-5,7H2,1H3. The minimum Gasteiger partial charge on any atom is -0.301 e. The van der Waals surface area contributed by atoms with Crippen LogP contribution in [0.2, 0.25) is 5.02 Å². The van der Waals surface area contributed by atoms with Gasteiger partial charge < -0.3 is 4.90 Å². The predicted molar refractivity (Wildman–Crippen MR) is 61.5 cm³/mol. The second-order valence-electron chi connectivity index (χ2n) is 3.18. The molecule has 0 aliphatic heterocycles. The van der Waals surface area contributed by atoms with Crippen LogP contribution < -0.4 is 0 Å². The Morgan fingerprint density at radius 3 is 2.79 bits per heavy atom. The smallest absolute Gasteiger partial charge is 0.141 e. The number of alkyl halides is 1. The molecular weight excluding hydrogens is 268 g/mol. The number of benzene rings is 1. The van der Waals surface area contributed by atoms with Gasteiger partial charge in [-0.05, 0) is 24.7 Å². The SMILES string of the molecule is CN(CCBr)Cc1ccc(F)c(Cl)c1. The van der Waals surface area contributed by atoms with Gasteiger partial charge in [-0.2, -0.15) is 0 Å². The molecule has 1 rings (SSSR count). The first-order chi connectivity index (χ1) is 6.63. The van der Waals surface area contributed by atoms with Gasteiger partial charge in [0.15, 0.2) is 0 Å². The van der Waals surface area contributed by atoms with Crippen molar-refractivity contribution in [1.82, 2.24) is 4.90 Å². The molecule has 1 aromatic carbocycles. The van der Waals surface area contributed by atoms with Crippen molar-refractivity contribution in [3.8, 4) is 0 Å². The van der Waals surface area contributed by atoms with Crippen molar-refractivity contribution in [3.63, 3.8) is 0 Å². The molecule has 0 saturated heterocycles. The third kappa shape index (κ3) is 3.56. The summed E-state index contributed by atoms with van der Waals surface area (Å²) in [4.78, 5) is 2.14. The summed E-state index contributed by atoms with van der Waals surface area (Å²) in [6.45, 7) is 1.74. The van der Waals surface area contributed by atoms with Gasteiger partial charge in [0.1, 0.15) is 5.82 Å². The van der Waals surface area contributed by atoms with Crippen molar-refractivity contribution in [2.75, 3.05) is 18.9 Å². The van der Waals surface area contributed by atoms with E-state index in [1.807, 2.05) is 7.05 Å². The molecule has 14 heavy (non-hydrogen) atoms. The summed E-state index contributed by atoms with van der Waals surface area (Å²) in [5, 5.41) is 1.12. The van der Waals surface area contributed by atoms with E-state index in [1.165, 1.54) is 6.07 Å². The Morgan fingerprint density at radius 1 is 1.50 bits per heavy atom. The molecule has 78 valence electrons. The monoisotopic (exact) mass is 279 g/mol. The van der Waals surface area contributed by atoms with Gasteiger partial charge in [-0.15, -0.1) is 0 Å². The Labute approximate surface area is 97.0 Å². The van der Waals surface area contributed by atoms with Gasteiger partial charge in [-0.3, -0.25) is 0 Å². The highest BCUT2D eigenvalue weighted by atomic mass is 79.9. The van der Waals surface area contributed by atoms with E-state index >= 15 is 0 Å². The Bertz CT molecular complexity index is 306. The van der Waals surface area contributed by atoms with Crippen LogP contribution in [0, 0.1) is 5.82 Å². The summed E-state index contributed by atoms with van der Waals surface area (Å²) in [5.74, 6) is -0.362. The van der Waals surface area contributed by atoms with E-state index in [2.05, 4.69) is 20.8 Å². The Balaban J connectivity index is 2.63. The van der Waals surface area contributed by atoms with Gasteiger partial charge in [0.2, 0.25) is 0 Å². The van der Waals surface area contributed by atoms with Crippen molar-refractivity contribution < 1.29 is 4.39 Å². The van der Waals surface area contributed by atoms with Crippen LogP contribution in [0.15, 0.2) is 18.2 Å². The van der Waals surface area contributed by atoms with E-state index in [4.69, 9.17) is 11.6 Å². The first-order valence-corrected chi connectivity index (χ1v) is 5.82. The highest BCUT2D eigenvalue weighted by molar-refractivity contribution is 9.09. The molecule has 1 aromatic rings. The third-order valence-electron chi connectivity index (χ3n) is 1.90. The fourth-order valence-electron chi connectivity index (χ4n) is 1.17. The Kier molecular flexibility index (Phi) is 4.85. The molecule has 0 spiro atoms. The first kappa shape index (κ1) is 12.0. The molecule has 0 aliphatic rings. The number of hydrogen-bond donors (Lipinski definition) is 0. The molecule has 0 aromatic heterocycles. The van der Waals surface area contributed by atoms with E-state index in [9.17, 15) is 4.39 Å². The maximum absolute atomic E-state index is 12.8. The van der Waals surface area contributed by atoms with E-state index in [0.29, 0.717) is 0 Å². The topological polar surface area (TPSA) is 3.24 Å². The zero-order chi connectivity index (χ0) is 10.6. The minimum absolute atomic E-state index is 0.190. The molecule has 0 aliphatic carbocycles. The Hall–Kier alpha value is -0.120. The van der Waals surface area contributed by atoms with E-state index < -0.39 is 0 Å². The van der Waals surface area contributed by atoms with Crippen molar-refractivity contribution in [1.29, 1.82) is 0 Å². The van der Waals surface area contributed by atoms with Crippen molar-refractivity contribution in [3.05, 3.63) is 34.6 Å². The molecule has 0 atom stereocenters. The fraction of sp³-hybridized carbons (Fsp3) is 0.400. The van der Waals surface area contributed by atoms with E-state index in [1.54, 1.807) is 12.1 Å². The minimum atomic E-state index is -0.362. The summed E-state index contributed by atoms with van der Waals surface area (Å²) in [6, 6.07) is 4.83. The fourth-order valence-corrected chi connectivity index (χ4v) is 1.98. The van der Waals surface area contributed by atoms with Gasteiger partial charge in [0, 0.05) is 18.4 Å². The number of halogens is 3. The highest BCUT2D eigenvalue weighted by Gasteiger charge is 2.03. The number of nitrogens with zero attached hydrogens (tertiary/aromatic N) is 1. The average molecular weight is 281 g/mol. The average Bonchev–Trinajstić information content (AvgIpc) is 2.12. The zero-order valence-corrected chi connectivity index (χ0v) is 10.3. The summed E-state index contributed by atoms with van der Waals surface area (Å²) in [6.07, 6.45) is 0. The second-order valence-corrected chi connectivity index (χ2v) is 4.38. The molecule has 0 saturated carbocycles.